The molecule has 9 nitrogen and oxygen atoms in total. The van der Waals surface area contributed by atoms with Gasteiger partial charge in [0.1, 0.15) is 25.5 Å². The molecular formula is C23H50N3O6S+. The number of aromatic nitrogens is 2. The van der Waals surface area contributed by atoms with Gasteiger partial charge in [0.2, 0.25) is 16.7 Å². The van der Waals surface area contributed by atoms with Crippen LogP contribution >= 0.6 is 0 Å². The van der Waals surface area contributed by atoms with Gasteiger partial charge in [-0.2, -0.15) is 0 Å². The summed E-state index contributed by atoms with van der Waals surface area (Å²) in [5, 5.41) is 0. The molecule has 1 unspecified atom stereocenters. The van der Waals surface area contributed by atoms with Crippen molar-refractivity contribution in [1.82, 2.24) is 4.57 Å². The second-order valence-electron chi connectivity index (χ2n) is 8.95. The van der Waals surface area contributed by atoms with Crippen LogP contribution in [0.25, 0.3) is 0 Å². The molecule has 0 aliphatic carbocycles. The van der Waals surface area contributed by atoms with Crippen LogP contribution < -0.4 is 4.57 Å². The number of quaternary nitrogens is 1. The number of ether oxygens (including phenoxy) is 1. The minimum atomic E-state index is -4.42. The molecule has 198 valence electrons. The zero-order valence-corrected chi connectivity index (χ0v) is 22.6. The van der Waals surface area contributed by atoms with E-state index in [-0.39, 0.29) is 25.4 Å². The highest BCUT2D eigenvalue weighted by Crippen LogP contribution is 2.21. The summed E-state index contributed by atoms with van der Waals surface area (Å²) in [6.07, 6.45) is 8.28. The van der Waals surface area contributed by atoms with Gasteiger partial charge in [0.05, 0.1) is 45.8 Å². The monoisotopic (exact) mass is 496 g/mol. The molecule has 1 aromatic heterocycles. The predicted molar refractivity (Wildman–Crippen MR) is 131 cm³/mol. The summed E-state index contributed by atoms with van der Waals surface area (Å²) in [4.78, 5) is 11.6. The quantitative estimate of drug-likeness (QED) is 0.162. The number of likely N-dealkylation sites (N-methyl/N-ethyl adjacent to an activating group) is 1. The Morgan fingerprint density at radius 3 is 2.06 bits per heavy atom. The van der Waals surface area contributed by atoms with Crippen LogP contribution in [-0.2, 0) is 31.2 Å². The summed E-state index contributed by atoms with van der Waals surface area (Å²) < 4.78 is 42.5. The van der Waals surface area contributed by atoms with Gasteiger partial charge in [0.25, 0.3) is 0 Å². The molecule has 10 heteroatoms. The summed E-state index contributed by atoms with van der Waals surface area (Å²) in [6.45, 7) is 16.2. The summed E-state index contributed by atoms with van der Waals surface area (Å²) in [5.74, 6) is -0.0823. The minimum absolute atomic E-state index is 0. The molecule has 0 N–H and O–H groups in total. The van der Waals surface area contributed by atoms with Crippen molar-refractivity contribution in [3.05, 3.63) is 18.7 Å². The largest absolute Gasteiger partial charge is 0.726 e. The standard InChI is InChI=1S/C12H26NO2.C8H15N2.C2H6O4S.CH4/c1-7-12(3,4)11(14)15-10-9-13(5,6)8-2;1-4-8(2)10-6-5-9(3)7-10;1-2-6-7(3,4)5;/h7-10H2,1-6H3;5-8H,4H2,1-3H3;2H2,1H3,(H,3,4,5);1H4/q2*+1;;/p-1. The molecule has 33 heavy (non-hydrogen) atoms. The first-order chi connectivity index (χ1) is 14.5. The highest BCUT2D eigenvalue weighted by molar-refractivity contribution is 7.80. The lowest BCUT2D eigenvalue weighted by molar-refractivity contribution is -0.888. The minimum Gasteiger partial charge on any atom is -0.726 e. The van der Waals surface area contributed by atoms with E-state index >= 15 is 0 Å². The second-order valence-corrected chi connectivity index (χ2v) is 10.00. The van der Waals surface area contributed by atoms with E-state index in [0.29, 0.717) is 12.6 Å². The maximum absolute atomic E-state index is 11.6. The van der Waals surface area contributed by atoms with Crippen LogP contribution in [0.4, 0.5) is 0 Å². The molecule has 0 spiro atoms. The molecule has 1 atom stereocenters. The normalized spacial score (nSPS) is 12.3. The average molecular weight is 497 g/mol. The Bertz CT molecular complexity index is 745. The summed E-state index contributed by atoms with van der Waals surface area (Å²) in [6, 6.07) is 0.626. The Morgan fingerprint density at radius 1 is 1.21 bits per heavy atom. The van der Waals surface area contributed by atoms with Crippen molar-refractivity contribution in [3.63, 3.8) is 0 Å². The molecule has 0 aliphatic heterocycles. The Morgan fingerprint density at radius 2 is 1.76 bits per heavy atom. The first-order valence-corrected chi connectivity index (χ1v) is 12.5. The van der Waals surface area contributed by atoms with Gasteiger partial charge >= 0.3 is 5.97 Å². The van der Waals surface area contributed by atoms with Crippen LogP contribution in [0.15, 0.2) is 18.7 Å². The summed E-state index contributed by atoms with van der Waals surface area (Å²) in [7, 11) is 1.89. The summed E-state index contributed by atoms with van der Waals surface area (Å²) in [5.41, 5.74) is -0.344. The smallest absolute Gasteiger partial charge is 0.311 e. The Kier molecular flexibility index (Phi) is 18.6. The van der Waals surface area contributed by atoms with Gasteiger partial charge < -0.3 is 13.8 Å². The van der Waals surface area contributed by atoms with E-state index in [9.17, 15) is 17.8 Å². The first kappa shape index (κ1) is 36.1. The number of carbonyl (C=O) groups is 1. The molecule has 0 saturated heterocycles. The number of esters is 1. The van der Waals surface area contributed by atoms with Gasteiger partial charge in [-0.25, -0.2) is 17.6 Å². The Hall–Kier alpha value is -1.49. The van der Waals surface area contributed by atoms with E-state index in [4.69, 9.17) is 4.74 Å². The number of hydrogen-bond acceptors (Lipinski definition) is 6. The van der Waals surface area contributed by atoms with Crippen molar-refractivity contribution in [1.29, 1.82) is 0 Å². The average Bonchev–Trinajstić information content (AvgIpc) is 3.13. The van der Waals surface area contributed by atoms with Crippen LogP contribution in [0.2, 0.25) is 0 Å². The van der Waals surface area contributed by atoms with Gasteiger partial charge in [-0.05, 0) is 47.5 Å². The zero-order chi connectivity index (χ0) is 25.6. The molecule has 1 aromatic rings. The molecule has 0 bridgehead atoms. The fraction of sp³-hybridized carbons (Fsp3) is 0.826. The molecule has 0 amide bonds. The zero-order valence-electron chi connectivity index (χ0n) is 21.8. The number of nitrogens with zero attached hydrogens (tertiary/aromatic N) is 3. The number of imidazole rings is 1. The number of hydrogen-bond donors (Lipinski definition) is 0. The third kappa shape index (κ3) is 18.6. The van der Waals surface area contributed by atoms with Gasteiger partial charge in [0, 0.05) is 0 Å². The van der Waals surface area contributed by atoms with E-state index in [0.717, 1.165) is 24.0 Å². The second kappa shape index (κ2) is 17.0. The third-order valence-electron chi connectivity index (χ3n) is 5.37. The predicted octanol–water partition coefficient (Wildman–Crippen LogP) is 3.46. The Balaban J connectivity index is -0.000000433. The number of aryl methyl sites for hydroxylation is 1. The van der Waals surface area contributed by atoms with Crippen molar-refractivity contribution >= 4 is 16.4 Å². The van der Waals surface area contributed by atoms with Crippen molar-refractivity contribution in [2.45, 2.75) is 74.8 Å². The molecule has 0 saturated carbocycles. The van der Waals surface area contributed by atoms with Crippen molar-refractivity contribution in [2.24, 2.45) is 12.5 Å². The molecule has 1 heterocycles. The van der Waals surface area contributed by atoms with Crippen molar-refractivity contribution in [2.75, 3.05) is 40.4 Å². The maximum atomic E-state index is 11.6. The molecule has 1 rings (SSSR count). The molecule has 0 aromatic carbocycles. The van der Waals surface area contributed by atoms with Gasteiger partial charge in [0.15, 0.2) is 0 Å². The van der Waals surface area contributed by atoms with Crippen LogP contribution in [0.1, 0.15) is 74.8 Å². The fourth-order valence-corrected chi connectivity index (χ4v) is 2.26. The maximum Gasteiger partial charge on any atom is 0.311 e. The topological polar surface area (TPSA) is 102 Å². The molecule has 0 radical (unpaired) electrons. The molecule has 0 aliphatic rings. The SMILES string of the molecule is C.CCC(C)(C)C(=O)OCC[N+](C)(C)CC.CCC(C)n1cc[n+](C)c1.CCOS(=O)(=O)[O-]. The van der Waals surface area contributed by atoms with E-state index in [1.807, 2.05) is 27.8 Å². The van der Waals surface area contributed by atoms with E-state index in [2.05, 4.69) is 66.9 Å². The van der Waals surface area contributed by atoms with Crippen molar-refractivity contribution in [3.8, 4) is 0 Å². The lowest BCUT2D eigenvalue weighted by atomic mass is 9.91. The summed E-state index contributed by atoms with van der Waals surface area (Å²) >= 11 is 0. The van der Waals surface area contributed by atoms with E-state index in [1.54, 1.807) is 0 Å². The number of rotatable bonds is 10. The first-order valence-electron chi connectivity index (χ1n) is 11.2. The van der Waals surface area contributed by atoms with Crippen LogP contribution in [0.3, 0.4) is 0 Å². The third-order valence-corrected chi connectivity index (χ3v) is 5.90. The van der Waals surface area contributed by atoms with Crippen LogP contribution in [-0.4, -0.2) is 68.4 Å². The van der Waals surface area contributed by atoms with Crippen LogP contribution in [0, 0.1) is 5.41 Å². The highest BCUT2D eigenvalue weighted by Gasteiger charge is 2.27. The van der Waals surface area contributed by atoms with Gasteiger partial charge in [-0.3, -0.25) is 8.98 Å². The lowest BCUT2D eigenvalue weighted by Crippen LogP contribution is -2.42. The lowest BCUT2D eigenvalue weighted by Gasteiger charge is -2.28. The van der Waals surface area contributed by atoms with Crippen LogP contribution in [0.5, 0.6) is 0 Å². The van der Waals surface area contributed by atoms with Gasteiger partial charge in [-0.15, -0.1) is 0 Å². The number of carbonyl (C=O) groups excluding carboxylic acids is 1. The molecule has 0 fully saturated rings. The van der Waals surface area contributed by atoms with Crippen molar-refractivity contribution < 1.29 is 35.7 Å². The van der Waals surface area contributed by atoms with E-state index < -0.39 is 10.4 Å². The molecular weight excluding hydrogens is 446 g/mol. The Labute approximate surface area is 203 Å². The van der Waals surface area contributed by atoms with E-state index in [1.165, 1.54) is 13.3 Å². The highest BCUT2D eigenvalue weighted by atomic mass is 32.3. The van der Waals surface area contributed by atoms with Gasteiger partial charge in [-0.1, -0.05) is 21.3 Å². The fourth-order valence-electron chi connectivity index (χ4n) is 1.97.